The predicted octanol–water partition coefficient (Wildman–Crippen LogP) is 3.72. The molecule has 17 heavy (non-hydrogen) atoms. The fourth-order valence-corrected chi connectivity index (χ4v) is 1.72. The molecule has 0 radical (unpaired) electrons. The summed E-state index contributed by atoms with van der Waals surface area (Å²) in [6, 6.07) is 4.52. The number of rotatable bonds is 6. The monoisotopic (exact) mass is 255 g/mol. The molecule has 1 atom stereocenters. The van der Waals surface area contributed by atoms with E-state index in [-0.39, 0.29) is 0 Å². The Morgan fingerprint density at radius 1 is 1.29 bits per heavy atom. The molecule has 1 rings (SSSR count). The zero-order valence-electron chi connectivity index (χ0n) is 11.1. The Labute approximate surface area is 109 Å². The van der Waals surface area contributed by atoms with E-state index in [0.717, 1.165) is 34.9 Å². The summed E-state index contributed by atoms with van der Waals surface area (Å²) in [4.78, 5) is 0. The Bertz CT molecular complexity index is 342. The third kappa shape index (κ3) is 4.57. The van der Waals surface area contributed by atoms with Gasteiger partial charge in [0.2, 0.25) is 0 Å². The van der Waals surface area contributed by atoms with Crippen molar-refractivity contribution in [3.63, 3.8) is 0 Å². The van der Waals surface area contributed by atoms with Crippen molar-refractivity contribution in [2.75, 3.05) is 13.2 Å². The van der Waals surface area contributed by atoms with E-state index in [2.05, 4.69) is 19.2 Å². The molecule has 2 nitrogen and oxygen atoms in total. The molecule has 0 heterocycles. The van der Waals surface area contributed by atoms with Crippen molar-refractivity contribution in [2.45, 2.75) is 40.2 Å². The van der Waals surface area contributed by atoms with Gasteiger partial charge in [-0.05, 0) is 50.5 Å². The molecule has 3 heteroatoms. The van der Waals surface area contributed by atoms with Crippen molar-refractivity contribution >= 4 is 11.6 Å². The molecule has 0 saturated carbocycles. The zero-order chi connectivity index (χ0) is 12.8. The fourth-order valence-electron chi connectivity index (χ4n) is 1.61. The molecule has 0 spiro atoms. The van der Waals surface area contributed by atoms with Crippen LogP contribution in [0.25, 0.3) is 0 Å². The lowest BCUT2D eigenvalue weighted by Crippen LogP contribution is -2.29. The summed E-state index contributed by atoms with van der Waals surface area (Å²) in [7, 11) is 0. The first-order chi connectivity index (χ1) is 8.04. The summed E-state index contributed by atoms with van der Waals surface area (Å²) < 4.78 is 5.70. The van der Waals surface area contributed by atoms with Gasteiger partial charge in [-0.1, -0.05) is 18.5 Å². The Balaban J connectivity index is 2.42. The van der Waals surface area contributed by atoms with Crippen LogP contribution in [0.2, 0.25) is 5.02 Å². The Kier molecular flexibility index (Phi) is 5.79. The second-order valence-electron chi connectivity index (χ2n) is 4.48. The topological polar surface area (TPSA) is 21.3 Å². The van der Waals surface area contributed by atoms with Crippen LogP contribution >= 0.6 is 11.6 Å². The molecule has 1 aromatic rings. The molecule has 0 aliphatic rings. The second kappa shape index (κ2) is 6.87. The summed E-state index contributed by atoms with van der Waals surface area (Å²) in [6.07, 6.45) is 1.14. The van der Waals surface area contributed by atoms with Crippen molar-refractivity contribution < 1.29 is 4.74 Å². The Hall–Kier alpha value is -0.730. The van der Waals surface area contributed by atoms with Gasteiger partial charge in [-0.15, -0.1) is 0 Å². The zero-order valence-corrected chi connectivity index (χ0v) is 11.9. The fraction of sp³-hybridized carbons (Fsp3) is 0.571. The van der Waals surface area contributed by atoms with E-state index in [1.807, 2.05) is 26.0 Å². The second-order valence-corrected chi connectivity index (χ2v) is 4.86. The summed E-state index contributed by atoms with van der Waals surface area (Å²) in [5.41, 5.74) is 2.13. The first-order valence-corrected chi connectivity index (χ1v) is 6.55. The highest BCUT2D eigenvalue weighted by atomic mass is 35.5. The van der Waals surface area contributed by atoms with E-state index in [0.29, 0.717) is 12.6 Å². The summed E-state index contributed by atoms with van der Waals surface area (Å²) in [6.45, 7) is 9.90. The van der Waals surface area contributed by atoms with Gasteiger partial charge < -0.3 is 10.1 Å². The van der Waals surface area contributed by atoms with Gasteiger partial charge in [0.25, 0.3) is 0 Å². The summed E-state index contributed by atoms with van der Waals surface area (Å²) in [5.74, 6) is 0.898. The minimum absolute atomic E-state index is 0.548. The van der Waals surface area contributed by atoms with Crippen LogP contribution in [-0.4, -0.2) is 19.2 Å². The van der Waals surface area contributed by atoms with E-state index >= 15 is 0 Å². The van der Waals surface area contributed by atoms with Crippen LogP contribution < -0.4 is 10.1 Å². The number of ether oxygens (including phenoxy) is 1. The molecule has 0 aromatic heterocycles. The van der Waals surface area contributed by atoms with E-state index in [4.69, 9.17) is 16.3 Å². The van der Waals surface area contributed by atoms with Crippen molar-refractivity contribution in [2.24, 2.45) is 0 Å². The average Bonchev–Trinajstić information content (AvgIpc) is 2.31. The van der Waals surface area contributed by atoms with Crippen LogP contribution in [0.4, 0.5) is 0 Å². The maximum absolute atomic E-state index is 6.10. The van der Waals surface area contributed by atoms with Gasteiger partial charge in [-0.3, -0.25) is 0 Å². The van der Waals surface area contributed by atoms with E-state index in [9.17, 15) is 0 Å². The molecule has 0 amide bonds. The van der Waals surface area contributed by atoms with E-state index < -0.39 is 0 Å². The molecular weight excluding hydrogens is 234 g/mol. The number of benzene rings is 1. The number of hydrogen-bond acceptors (Lipinski definition) is 2. The molecule has 1 aromatic carbocycles. The molecule has 0 aliphatic carbocycles. The first-order valence-electron chi connectivity index (χ1n) is 6.17. The largest absolute Gasteiger partial charge is 0.492 e. The highest BCUT2D eigenvalue weighted by Crippen LogP contribution is 2.25. The van der Waals surface area contributed by atoms with Gasteiger partial charge in [0.1, 0.15) is 12.4 Å². The Morgan fingerprint density at radius 2 is 1.88 bits per heavy atom. The highest BCUT2D eigenvalue weighted by molar-refractivity contribution is 6.32. The molecule has 0 fully saturated rings. The van der Waals surface area contributed by atoms with Crippen LogP contribution in [0.1, 0.15) is 31.4 Å². The van der Waals surface area contributed by atoms with E-state index in [1.54, 1.807) is 0 Å². The molecule has 0 aliphatic heterocycles. The van der Waals surface area contributed by atoms with Crippen molar-refractivity contribution in [3.05, 3.63) is 28.3 Å². The summed E-state index contributed by atoms with van der Waals surface area (Å²) >= 11 is 6.10. The van der Waals surface area contributed by atoms with Crippen LogP contribution in [0, 0.1) is 13.8 Å². The van der Waals surface area contributed by atoms with Gasteiger partial charge in [0.05, 0.1) is 0 Å². The lowest BCUT2D eigenvalue weighted by molar-refractivity contribution is 0.306. The van der Waals surface area contributed by atoms with E-state index in [1.165, 1.54) is 0 Å². The van der Waals surface area contributed by atoms with Crippen LogP contribution in [0.3, 0.4) is 0 Å². The maximum atomic E-state index is 6.10. The number of nitrogens with one attached hydrogen (secondary N) is 1. The van der Waals surface area contributed by atoms with Crippen molar-refractivity contribution in [1.82, 2.24) is 5.32 Å². The molecule has 96 valence electrons. The van der Waals surface area contributed by atoms with Gasteiger partial charge >= 0.3 is 0 Å². The van der Waals surface area contributed by atoms with Gasteiger partial charge in [0.15, 0.2) is 0 Å². The standard InChI is InChI=1S/C14H22ClNO/c1-5-12(4)16-6-7-17-13-8-10(2)14(15)11(3)9-13/h8-9,12,16H,5-7H2,1-4H3. The lowest BCUT2D eigenvalue weighted by Gasteiger charge is -2.13. The van der Waals surface area contributed by atoms with Crippen molar-refractivity contribution in [3.8, 4) is 5.75 Å². The van der Waals surface area contributed by atoms with Crippen LogP contribution in [0.15, 0.2) is 12.1 Å². The average molecular weight is 256 g/mol. The van der Waals surface area contributed by atoms with Crippen LogP contribution in [-0.2, 0) is 0 Å². The highest BCUT2D eigenvalue weighted by Gasteiger charge is 2.03. The third-order valence-corrected chi connectivity index (χ3v) is 3.48. The molecule has 0 bridgehead atoms. The normalized spacial score (nSPS) is 12.5. The van der Waals surface area contributed by atoms with Gasteiger partial charge in [0, 0.05) is 17.6 Å². The first kappa shape index (κ1) is 14.3. The minimum Gasteiger partial charge on any atom is -0.492 e. The molecular formula is C14H22ClNO. The third-order valence-electron chi connectivity index (χ3n) is 2.89. The maximum Gasteiger partial charge on any atom is 0.119 e. The number of hydrogen-bond donors (Lipinski definition) is 1. The van der Waals surface area contributed by atoms with Crippen LogP contribution in [0.5, 0.6) is 5.75 Å². The predicted molar refractivity (Wildman–Crippen MR) is 74.2 cm³/mol. The van der Waals surface area contributed by atoms with Gasteiger partial charge in [-0.2, -0.15) is 0 Å². The summed E-state index contributed by atoms with van der Waals surface area (Å²) in [5, 5.41) is 4.22. The Morgan fingerprint density at radius 3 is 2.41 bits per heavy atom. The smallest absolute Gasteiger partial charge is 0.119 e. The minimum atomic E-state index is 0.548. The van der Waals surface area contributed by atoms with Crippen molar-refractivity contribution in [1.29, 1.82) is 0 Å². The number of aryl methyl sites for hydroxylation is 2. The molecule has 0 saturated heterocycles. The SMILES string of the molecule is CCC(C)NCCOc1cc(C)c(Cl)c(C)c1. The number of halogens is 1. The molecule has 1 unspecified atom stereocenters. The lowest BCUT2D eigenvalue weighted by atomic mass is 10.1. The molecule has 1 N–H and O–H groups in total. The quantitative estimate of drug-likeness (QED) is 0.783. The van der Waals surface area contributed by atoms with Gasteiger partial charge in [-0.25, -0.2) is 0 Å².